The molecule has 3 nitrogen and oxygen atoms in total. The number of anilines is 1. The molecule has 17 heavy (non-hydrogen) atoms. The Kier molecular flexibility index (Phi) is 5.15. The maximum absolute atomic E-state index is 11.9. The first kappa shape index (κ1) is 14.2. The zero-order valence-electron chi connectivity index (χ0n) is 10.5. The van der Waals surface area contributed by atoms with Gasteiger partial charge in [-0.2, -0.15) is 0 Å². The van der Waals surface area contributed by atoms with Gasteiger partial charge in [0.15, 0.2) is 0 Å². The summed E-state index contributed by atoms with van der Waals surface area (Å²) < 4.78 is 0.949. The molecule has 0 aliphatic heterocycles. The van der Waals surface area contributed by atoms with E-state index in [1.165, 1.54) is 0 Å². The lowest BCUT2D eigenvalue weighted by Crippen LogP contribution is -2.40. The SMILES string of the molecule is CCC(C)[C@H](N)C(=O)Nc1cc(C)cc(Br)c1. The van der Waals surface area contributed by atoms with Crippen LogP contribution in [0.2, 0.25) is 0 Å². The standard InChI is InChI=1S/C13H19BrN2O/c1-4-9(3)12(15)13(17)16-11-6-8(2)5-10(14)7-11/h5-7,9,12H,4,15H2,1-3H3,(H,16,17)/t9?,12-/m0/s1. The Morgan fingerprint density at radius 1 is 1.47 bits per heavy atom. The van der Waals surface area contributed by atoms with E-state index in [0.717, 1.165) is 22.1 Å². The van der Waals surface area contributed by atoms with Gasteiger partial charge < -0.3 is 11.1 Å². The van der Waals surface area contributed by atoms with Crippen LogP contribution < -0.4 is 11.1 Å². The molecular weight excluding hydrogens is 280 g/mol. The Labute approximate surface area is 111 Å². The molecule has 0 saturated heterocycles. The van der Waals surface area contributed by atoms with Gasteiger partial charge in [0.2, 0.25) is 5.91 Å². The summed E-state index contributed by atoms with van der Waals surface area (Å²) in [5.41, 5.74) is 7.74. The monoisotopic (exact) mass is 298 g/mol. The summed E-state index contributed by atoms with van der Waals surface area (Å²) in [6.45, 7) is 5.99. The van der Waals surface area contributed by atoms with Crippen LogP contribution in [-0.4, -0.2) is 11.9 Å². The van der Waals surface area contributed by atoms with E-state index in [2.05, 4.69) is 21.2 Å². The van der Waals surface area contributed by atoms with Crippen LogP contribution in [0.15, 0.2) is 22.7 Å². The maximum Gasteiger partial charge on any atom is 0.241 e. The van der Waals surface area contributed by atoms with Crippen molar-refractivity contribution < 1.29 is 4.79 Å². The Morgan fingerprint density at radius 2 is 2.12 bits per heavy atom. The molecule has 0 heterocycles. The quantitative estimate of drug-likeness (QED) is 0.897. The number of aryl methyl sites for hydroxylation is 1. The average Bonchev–Trinajstić information content (AvgIpc) is 2.25. The molecular formula is C13H19BrN2O. The van der Waals surface area contributed by atoms with Crippen LogP contribution in [0.5, 0.6) is 0 Å². The largest absolute Gasteiger partial charge is 0.325 e. The number of hydrogen-bond donors (Lipinski definition) is 2. The van der Waals surface area contributed by atoms with Gasteiger partial charge in [0.05, 0.1) is 6.04 Å². The van der Waals surface area contributed by atoms with Crippen molar-refractivity contribution in [3.63, 3.8) is 0 Å². The van der Waals surface area contributed by atoms with Gasteiger partial charge in [-0.15, -0.1) is 0 Å². The van der Waals surface area contributed by atoms with Gasteiger partial charge in [-0.05, 0) is 36.6 Å². The zero-order valence-corrected chi connectivity index (χ0v) is 12.0. The fourth-order valence-corrected chi connectivity index (χ4v) is 2.15. The van der Waals surface area contributed by atoms with Crippen molar-refractivity contribution in [3.05, 3.63) is 28.2 Å². The molecule has 2 atom stereocenters. The summed E-state index contributed by atoms with van der Waals surface area (Å²) in [6.07, 6.45) is 0.895. The highest BCUT2D eigenvalue weighted by Gasteiger charge is 2.19. The van der Waals surface area contributed by atoms with E-state index in [1.54, 1.807) is 0 Å². The molecule has 0 fully saturated rings. The summed E-state index contributed by atoms with van der Waals surface area (Å²) in [5, 5.41) is 2.84. The van der Waals surface area contributed by atoms with Gasteiger partial charge in [-0.25, -0.2) is 0 Å². The second-order valence-electron chi connectivity index (χ2n) is 4.42. The summed E-state index contributed by atoms with van der Waals surface area (Å²) >= 11 is 3.40. The molecule has 94 valence electrons. The molecule has 0 saturated carbocycles. The number of carbonyl (C=O) groups excluding carboxylic acids is 1. The number of rotatable bonds is 4. The topological polar surface area (TPSA) is 55.1 Å². The first-order valence-corrected chi connectivity index (χ1v) is 6.57. The molecule has 1 aromatic carbocycles. The van der Waals surface area contributed by atoms with Gasteiger partial charge in [0.1, 0.15) is 0 Å². The molecule has 1 amide bonds. The Hall–Kier alpha value is -0.870. The maximum atomic E-state index is 11.9. The third-order valence-electron chi connectivity index (χ3n) is 2.87. The van der Waals surface area contributed by atoms with Crippen molar-refractivity contribution in [2.24, 2.45) is 11.7 Å². The van der Waals surface area contributed by atoms with E-state index >= 15 is 0 Å². The Balaban J connectivity index is 2.74. The van der Waals surface area contributed by atoms with Gasteiger partial charge >= 0.3 is 0 Å². The minimum absolute atomic E-state index is 0.128. The smallest absolute Gasteiger partial charge is 0.241 e. The third kappa shape index (κ3) is 4.13. The van der Waals surface area contributed by atoms with E-state index in [1.807, 2.05) is 39.0 Å². The zero-order chi connectivity index (χ0) is 13.0. The normalized spacial score (nSPS) is 14.2. The highest BCUT2D eigenvalue weighted by molar-refractivity contribution is 9.10. The van der Waals surface area contributed by atoms with Gasteiger partial charge in [0, 0.05) is 10.2 Å². The lowest BCUT2D eigenvalue weighted by Gasteiger charge is -2.18. The molecule has 1 unspecified atom stereocenters. The van der Waals surface area contributed by atoms with Gasteiger partial charge in [0.25, 0.3) is 0 Å². The molecule has 0 spiro atoms. The highest BCUT2D eigenvalue weighted by atomic mass is 79.9. The van der Waals surface area contributed by atoms with Crippen molar-refractivity contribution in [1.82, 2.24) is 0 Å². The minimum atomic E-state index is -0.459. The van der Waals surface area contributed by atoms with E-state index < -0.39 is 6.04 Å². The van der Waals surface area contributed by atoms with Gasteiger partial charge in [-0.3, -0.25) is 4.79 Å². The number of nitrogens with one attached hydrogen (secondary N) is 1. The number of hydrogen-bond acceptors (Lipinski definition) is 2. The minimum Gasteiger partial charge on any atom is -0.325 e. The number of benzene rings is 1. The van der Waals surface area contributed by atoms with Crippen LogP contribution in [-0.2, 0) is 4.79 Å². The van der Waals surface area contributed by atoms with Crippen molar-refractivity contribution >= 4 is 27.5 Å². The second-order valence-corrected chi connectivity index (χ2v) is 5.33. The second kappa shape index (κ2) is 6.17. The van der Waals surface area contributed by atoms with E-state index in [9.17, 15) is 4.79 Å². The Bertz CT molecular complexity index is 386. The summed E-state index contributed by atoms with van der Waals surface area (Å²) in [6, 6.07) is 5.32. The molecule has 3 N–H and O–H groups in total. The third-order valence-corrected chi connectivity index (χ3v) is 3.33. The molecule has 1 aromatic rings. The van der Waals surface area contributed by atoms with Crippen LogP contribution in [0.3, 0.4) is 0 Å². The highest BCUT2D eigenvalue weighted by Crippen LogP contribution is 2.19. The number of halogens is 1. The van der Waals surface area contributed by atoms with E-state index in [0.29, 0.717) is 0 Å². The summed E-state index contributed by atoms with van der Waals surface area (Å²) in [5.74, 6) is 0.0556. The van der Waals surface area contributed by atoms with Crippen molar-refractivity contribution in [2.75, 3.05) is 5.32 Å². The van der Waals surface area contributed by atoms with E-state index in [4.69, 9.17) is 5.73 Å². The molecule has 4 heteroatoms. The lowest BCUT2D eigenvalue weighted by atomic mass is 9.99. The van der Waals surface area contributed by atoms with Gasteiger partial charge in [-0.1, -0.05) is 36.2 Å². The fourth-order valence-electron chi connectivity index (χ4n) is 1.55. The predicted octanol–water partition coefficient (Wildman–Crippen LogP) is 3.07. The molecule has 0 radical (unpaired) electrons. The van der Waals surface area contributed by atoms with Crippen molar-refractivity contribution in [2.45, 2.75) is 33.2 Å². The van der Waals surface area contributed by atoms with Crippen LogP contribution >= 0.6 is 15.9 Å². The molecule has 0 aliphatic rings. The van der Waals surface area contributed by atoms with Crippen LogP contribution in [0, 0.1) is 12.8 Å². The number of nitrogens with two attached hydrogens (primary N) is 1. The van der Waals surface area contributed by atoms with Crippen LogP contribution in [0.25, 0.3) is 0 Å². The first-order valence-electron chi connectivity index (χ1n) is 5.77. The van der Waals surface area contributed by atoms with Crippen molar-refractivity contribution in [1.29, 1.82) is 0 Å². The molecule has 0 bridgehead atoms. The number of carbonyl (C=O) groups is 1. The first-order chi connectivity index (χ1) is 7.93. The lowest BCUT2D eigenvalue weighted by molar-refractivity contribution is -0.118. The number of amides is 1. The predicted molar refractivity (Wildman–Crippen MR) is 74.9 cm³/mol. The molecule has 1 rings (SSSR count). The van der Waals surface area contributed by atoms with E-state index in [-0.39, 0.29) is 11.8 Å². The summed E-state index contributed by atoms with van der Waals surface area (Å²) in [7, 11) is 0. The molecule has 0 aromatic heterocycles. The average molecular weight is 299 g/mol. The van der Waals surface area contributed by atoms with Crippen LogP contribution in [0.4, 0.5) is 5.69 Å². The molecule has 0 aliphatic carbocycles. The van der Waals surface area contributed by atoms with Crippen molar-refractivity contribution in [3.8, 4) is 0 Å². The fraction of sp³-hybridized carbons (Fsp3) is 0.462. The Morgan fingerprint density at radius 3 is 2.65 bits per heavy atom. The van der Waals surface area contributed by atoms with Crippen LogP contribution in [0.1, 0.15) is 25.8 Å². The summed E-state index contributed by atoms with van der Waals surface area (Å²) in [4.78, 5) is 11.9.